The summed E-state index contributed by atoms with van der Waals surface area (Å²) < 4.78 is 0. The van der Waals surface area contributed by atoms with Crippen molar-refractivity contribution in [3.8, 4) is 0 Å². The molecule has 0 bridgehead atoms. The van der Waals surface area contributed by atoms with Crippen LogP contribution in [0.1, 0.15) is 25.7 Å². The predicted molar refractivity (Wildman–Crippen MR) is 30.3 cm³/mol. The molecule has 10 heavy (non-hydrogen) atoms. The maximum Gasteiger partial charge on any atom is 0.200 e. The van der Waals surface area contributed by atoms with E-state index in [1.165, 1.54) is 0 Å². The molecule has 0 atom stereocenters. The molecule has 0 amide bonds. The van der Waals surface area contributed by atoms with Gasteiger partial charge in [0.05, 0.1) is 0 Å². The molecule has 2 aliphatic carbocycles. The van der Waals surface area contributed by atoms with Crippen LogP contribution in [0.3, 0.4) is 0 Å². The van der Waals surface area contributed by atoms with E-state index in [2.05, 4.69) is 0 Å². The Morgan fingerprint density at radius 2 is 1.20 bits per heavy atom. The van der Waals surface area contributed by atoms with Crippen molar-refractivity contribution in [2.24, 2.45) is 0 Å². The van der Waals surface area contributed by atoms with Crippen molar-refractivity contribution in [1.29, 1.82) is 0 Å². The molecule has 2 fully saturated rings. The van der Waals surface area contributed by atoms with Gasteiger partial charge in [-0.2, -0.15) is 0 Å². The third kappa shape index (κ3) is 1.61. The molecular formula is C6H12ClNO2. The van der Waals surface area contributed by atoms with Crippen LogP contribution in [-0.2, 0) is 0 Å². The minimum Gasteiger partial charge on any atom is -1.00 e. The second-order valence-electron chi connectivity index (χ2n) is 3.35. The Labute approximate surface area is 65.8 Å². The van der Waals surface area contributed by atoms with Gasteiger partial charge >= 0.3 is 0 Å². The van der Waals surface area contributed by atoms with Gasteiger partial charge < -0.3 is 22.6 Å². The van der Waals surface area contributed by atoms with Crippen molar-refractivity contribution in [1.82, 2.24) is 0 Å². The fraction of sp³-hybridized carbons (Fsp3) is 1.00. The van der Waals surface area contributed by atoms with Gasteiger partial charge in [0.2, 0.25) is 0 Å². The van der Waals surface area contributed by atoms with Gasteiger partial charge in [0.15, 0.2) is 11.4 Å². The largest absolute Gasteiger partial charge is 1.00 e. The number of aliphatic hydroxyl groups is 2. The van der Waals surface area contributed by atoms with Gasteiger partial charge in [0, 0.05) is 25.7 Å². The van der Waals surface area contributed by atoms with E-state index in [0.717, 1.165) is 25.7 Å². The Morgan fingerprint density at radius 1 is 0.900 bits per heavy atom. The maximum absolute atomic E-state index is 9.29. The molecule has 2 rings (SSSR count). The van der Waals surface area contributed by atoms with Crippen molar-refractivity contribution in [3.05, 3.63) is 0 Å². The Bertz CT molecular complexity index is 127. The molecule has 2 aliphatic rings. The molecule has 0 aromatic carbocycles. The summed E-state index contributed by atoms with van der Waals surface area (Å²) in [6, 6.07) is 0. The fourth-order valence-electron chi connectivity index (χ4n) is 1.04. The summed E-state index contributed by atoms with van der Waals surface area (Å²) in [7, 11) is 0. The number of quaternary nitrogens is 1. The Balaban J connectivity index is 0.000000500. The molecule has 3 nitrogen and oxygen atoms in total. The van der Waals surface area contributed by atoms with Crippen LogP contribution in [0, 0.1) is 0 Å². The van der Waals surface area contributed by atoms with Gasteiger partial charge in [-0.05, 0) is 0 Å². The average molecular weight is 166 g/mol. The molecule has 2 saturated carbocycles. The van der Waals surface area contributed by atoms with E-state index in [1.807, 2.05) is 0 Å². The molecule has 0 aromatic heterocycles. The van der Waals surface area contributed by atoms with Gasteiger partial charge in [-0.3, -0.25) is 5.32 Å². The van der Waals surface area contributed by atoms with E-state index < -0.39 is 11.4 Å². The van der Waals surface area contributed by atoms with Crippen LogP contribution < -0.4 is 17.7 Å². The van der Waals surface area contributed by atoms with Crippen LogP contribution >= 0.6 is 0 Å². The highest BCUT2D eigenvalue weighted by atomic mass is 35.5. The van der Waals surface area contributed by atoms with Crippen molar-refractivity contribution >= 4 is 0 Å². The number of hydrogen-bond acceptors (Lipinski definition) is 2. The minimum absolute atomic E-state index is 0. The third-order valence-electron chi connectivity index (χ3n) is 2.06. The zero-order valence-electron chi connectivity index (χ0n) is 5.68. The molecule has 0 unspecified atom stereocenters. The second-order valence-corrected chi connectivity index (χ2v) is 3.35. The van der Waals surface area contributed by atoms with Crippen molar-refractivity contribution < 1.29 is 27.9 Å². The van der Waals surface area contributed by atoms with Gasteiger partial charge in [-0.15, -0.1) is 0 Å². The van der Waals surface area contributed by atoms with E-state index >= 15 is 0 Å². The minimum atomic E-state index is -0.578. The monoisotopic (exact) mass is 165 g/mol. The summed E-state index contributed by atoms with van der Waals surface area (Å²) in [4.78, 5) is 0. The van der Waals surface area contributed by atoms with Crippen LogP contribution in [0.2, 0.25) is 0 Å². The lowest BCUT2D eigenvalue weighted by molar-refractivity contribution is -0.810. The fourth-order valence-corrected chi connectivity index (χ4v) is 1.04. The molecule has 0 radical (unpaired) electrons. The zero-order valence-corrected chi connectivity index (χ0v) is 6.43. The first-order valence-corrected chi connectivity index (χ1v) is 3.44. The molecule has 60 valence electrons. The maximum atomic E-state index is 9.29. The number of rotatable bonds is 2. The molecule has 4 N–H and O–H groups in total. The quantitative estimate of drug-likeness (QED) is 0.362. The SMILES string of the molecule is OC1([NH2+]C2(O)CC2)CC1.[Cl-]. The van der Waals surface area contributed by atoms with E-state index in [1.54, 1.807) is 5.32 Å². The number of nitrogens with two attached hydrogens (primary N) is 1. The second kappa shape index (κ2) is 2.08. The Kier molecular flexibility index (Phi) is 1.72. The molecule has 4 heteroatoms. The first kappa shape index (κ1) is 8.27. The third-order valence-corrected chi connectivity index (χ3v) is 2.06. The lowest BCUT2D eigenvalue weighted by Crippen LogP contribution is -3.00. The molecule has 0 saturated heterocycles. The first-order valence-electron chi connectivity index (χ1n) is 3.44. The van der Waals surface area contributed by atoms with Crippen LogP contribution in [-0.4, -0.2) is 21.7 Å². The highest BCUT2D eigenvalue weighted by molar-refractivity contribution is 4.87. The zero-order chi connectivity index (χ0) is 6.54. The lowest BCUT2D eigenvalue weighted by atomic mass is 10.5. The van der Waals surface area contributed by atoms with Crippen molar-refractivity contribution in [2.45, 2.75) is 37.1 Å². The van der Waals surface area contributed by atoms with Gasteiger partial charge in [0.1, 0.15) is 0 Å². The summed E-state index contributed by atoms with van der Waals surface area (Å²) >= 11 is 0. The van der Waals surface area contributed by atoms with Crippen LogP contribution in [0.15, 0.2) is 0 Å². The van der Waals surface area contributed by atoms with E-state index in [4.69, 9.17) is 0 Å². The van der Waals surface area contributed by atoms with Crippen molar-refractivity contribution in [3.63, 3.8) is 0 Å². The molecular weight excluding hydrogens is 154 g/mol. The molecule has 0 spiro atoms. The van der Waals surface area contributed by atoms with E-state index in [0.29, 0.717) is 0 Å². The smallest absolute Gasteiger partial charge is 0.200 e. The summed E-state index contributed by atoms with van der Waals surface area (Å²) in [5.74, 6) is 0. The van der Waals surface area contributed by atoms with Crippen LogP contribution in [0.4, 0.5) is 0 Å². The average Bonchev–Trinajstić information content (AvgIpc) is 2.55. The predicted octanol–water partition coefficient (Wildman–Crippen LogP) is -4.48. The summed E-state index contributed by atoms with van der Waals surface area (Å²) in [5.41, 5.74) is -1.16. The standard InChI is InChI=1S/C6H11NO2.ClH/c8-5(1-2-5)7-6(9)3-4-6;/h7-9H,1-4H2;1H. The molecule has 0 heterocycles. The highest BCUT2D eigenvalue weighted by Gasteiger charge is 2.56. The van der Waals surface area contributed by atoms with Gasteiger partial charge in [0.25, 0.3) is 0 Å². The van der Waals surface area contributed by atoms with Gasteiger partial charge in [-0.25, -0.2) is 0 Å². The number of halogens is 1. The Morgan fingerprint density at radius 3 is 1.40 bits per heavy atom. The summed E-state index contributed by atoms with van der Waals surface area (Å²) in [6.07, 6.45) is 3.37. The topological polar surface area (TPSA) is 57.1 Å². The van der Waals surface area contributed by atoms with Crippen molar-refractivity contribution in [2.75, 3.05) is 0 Å². The van der Waals surface area contributed by atoms with E-state index in [9.17, 15) is 10.2 Å². The normalized spacial score (nSPS) is 30.6. The van der Waals surface area contributed by atoms with Crippen LogP contribution in [0.5, 0.6) is 0 Å². The summed E-state index contributed by atoms with van der Waals surface area (Å²) in [6.45, 7) is 0. The van der Waals surface area contributed by atoms with Crippen LogP contribution in [0.25, 0.3) is 0 Å². The number of hydrogen-bond donors (Lipinski definition) is 3. The highest BCUT2D eigenvalue weighted by Crippen LogP contribution is 2.33. The molecule has 0 aromatic rings. The first-order chi connectivity index (χ1) is 4.12. The Hall–Kier alpha value is 0.170. The summed E-state index contributed by atoms with van der Waals surface area (Å²) in [5, 5.41) is 20.3. The van der Waals surface area contributed by atoms with E-state index in [-0.39, 0.29) is 12.4 Å². The van der Waals surface area contributed by atoms with Gasteiger partial charge in [-0.1, -0.05) is 0 Å². The lowest BCUT2D eigenvalue weighted by Gasteiger charge is -2.10. The molecule has 0 aliphatic heterocycles.